The van der Waals surface area contributed by atoms with Crippen LogP contribution in [0.4, 0.5) is 0 Å². The standard InChI is InChI=1S/C14H21NO3S/c1-12-11-18-13(2)10-15(12)19(16,17)9-8-14-6-4-3-5-7-14/h3-7,12-13H,8-11H2,1-2H3. The summed E-state index contributed by atoms with van der Waals surface area (Å²) in [6, 6.07) is 9.64. The van der Waals surface area contributed by atoms with E-state index in [9.17, 15) is 8.42 Å². The Morgan fingerprint density at radius 1 is 1.26 bits per heavy atom. The van der Waals surface area contributed by atoms with E-state index in [4.69, 9.17) is 4.74 Å². The van der Waals surface area contributed by atoms with Gasteiger partial charge in [-0.3, -0.25) is 0 Å². The molecule has 1 aromatic rings. The van der Waals surface area contributed by atoms with E-state index in [0.717, 1.165) is 5.56 Å². The molecule has 0 saturated carbocycles. The van der Waals surface area contributed by atoms with Gasteiger partial charge in [-0.1, -0.05) is 30.3 Å². The first-order valence-corrected chi connectivity index (χ1v) is 8.25. The van der Waals surface area contributed by atoms with Crippen molar-refractivity contribution in [2.45, 2.75) is 32.4 Å². The van der Waals surface area contributed by atoms with Crippen LogP contribution in [0.1, 0.15) is 19.4 Å². The molecule has 1 aliphatic rings. The van der Waals surface area contributed by atoms with Gasteiger partial charge in [-0.2, -0.15) is 4.31 Å². The molecule has 19 heavy (non-hydrogen) atoms. The first-order chi connectivity index (χ1) is 8.99. The lowest BCUT2D eigenvalue weighted by molar-refractivity contribution is -0.0170. The topological polar surface area (TPSA) is 46.6 Å². The molecule has 1 saturated heterocycles. The first kappa shape index (κ1) is 14.5. The summed E-state index contributed by atoms with van der Waals surface area (Å²) < 4.78 is 31.8. The van der Waals surface area contributed by atoms with Gasteiger partial charge in [0, 0.05) is 12.6 Å². The summed E-state index contributed by atoms with van der Waals surface area (Å²) >= 11 is 0. The van der Waals surface area contributed by atoms with E-state index in [-0.39, 0.29) is 17.9 Å². The SMILES string of the molecule is CC1CN(S(=O)(=O)CCc2ccccc2)C(C)CO1. The lowest BCUT2D eigenvalue weighted by Gasteiger charge is -2.35. The Bertz CT molecular complexity index is 501. The van der Waals surface area contributed by atoms with Gasteiger partial charge in [-0.15, -0.1) is 0 Å². The highest BCUT2D eigenvalue weighted by atomic mass is 32.2. The Hall–Kier alpha value is -0.910. The Morgan fingerprint density at radius 2 is 1.95 bits per heavy atom. The van der Waals surface area contributed by atoms with Gasteiger partial charge in [-0.25, -0.2) is 8.42 Å². The fourth-order valence-electron chi connectivity index (χ4n) is 2.27. The fourth-order valence-corrected chi connectivity index (χ4v) is 4.04. The molecule has 0 amide bonds. The van der Waals surface area contributed by atoms with E-state index in [1.54, 1.807) is 4.31 Å². The van der Waals surface area contributed by atoms with Crippen molar-refractivity contribution in [3.05, 3.63) is 35.9 Å². The van der Waals surface area contributed by atoms with Crippen LogP contribution in [0.3, 0.4) is 0 Å². The molecule has 0 spiro atoms. The third-order valence-corrected chi connectivity index (χ3v) is 5.34. The number of morpholine rings is 1. The summed E-state index contributed by atoms with van der Waals surface area (Å²) in [7, 11) is -3.21. The minimum atomic E-state index is -3.21. The molecule has 1 aromatic carbocycles. The van der Waals surface area contributed by atoms with Gasteiger partial charge in [0.1, 0.15) is 0 Å². The van der Waals surface area contributed by atoms with Gasteiger partial charge in [0.25, 0.3) is 0 Å². The van der Waals surface area contributed by atoms with Crippen molar-refractivity contribution in [3.8, 4) is 0 Å². The van der Waals surface area contributed by atoms with Crippen LogP contribution in [0, 0.1) is 0 Å². The van der Waals surface area contributed by atoms with Crippen molar-refractivity contribution in [2.24, 2.45) is 0 Å². The number of rotatable bonds is 4. The molecule has 1 aliphatic heterocycles. The molecule has 0 aromatic heterocycles. The summed E-state index contributed by atoms with van der Waals surface area (Å²) in [6.45, 7) is 4.74. The smallest absolute Gasteiger partial charge is 0.214 e. The monoisotopic (exact) mass is 283 g/mol. The molecule has 1 heterocycles. The van der Waals surface area contributed by atoms with E-state index in [0.29, 0.717) is 19.6 Å². The lowest BCUT2D eigenvalue weighted by atomic mass is 10.2. The fraction of sp³-hybridized carbons (Fsp3) is 0.571. The molecule has 2 atom stereocenters. The number of benzene rings is 1. The van der Waals surface area contributed by atoms with Crippen molar-refractivity contribution in [1.82, 2.24) is 4.31 Å². The largest absolute Gasteiger partial charge is 0.375 e. The predicted octanol–water partition coefficient (Wildman–Crippen LogP) is 1.67. The average Bonchev–Trinajstić information content (AvgIpc) is 2.40. The maximum Gasteiger partial charge on any atom is 0.214 e. The normalized spacial score (nSPS) is 25.4. The maximum absolute atomic E-state index is 12.4. The molecule has 0 bridgehead atoms. The second-order valence-electron chi connectivity index (χ2n) is 5.11. The predicted molar refractivity (Wildman–Crippen MR) is 75.5 cm³/mol. The van der Waals surface area contributed by atoms with E-state index < -0.39 is 10.0 Å². The molecule has 106 valence electrons. The highest BCUT2D eigenvalue weighted by Crippen LogP contribution is 2.17. The van der Waals surface area contributed by atoms with Crippen molar-refractivity contribution in [3.63, 3.8) is 0 Å². The number of hydrogen-bond acceptors (Lipinski definition) is 3. The van der Waals surface area contributed by atoms with Crippen molar-refractivity contribution in [2.75, 3.05) is 18.9 Å². The van der Waals surface area contributed by atoms with Crippen molar-refractivity contribution >= 4 is 10.0 Å². The second-order valence-corrected chi connectivity index (χ2v) is 7.16. The van der Waals surface area contributed by atoms with Gasteiger partial charge in [0.05, 0.1) is 18.5 Å². The molecule has 4 nitrogen and oxygen atoms in total. The molecule has 2 unspecified atom stereocenters. The van der Waals surface area contributed by atoms with Gasteiger partial charge in [-0.05, 0) is 25.8 Å². The summed E-state index contributed by atoms with van der Waals surface area (Å²) in [5, 5.41) is 0. The Morgan fingerprint density at radius 3 is 2.63 bits per heavy atom. The molecule has 2 rings (SSSR count). The van der Waals surface area contributed by atoms with E-state index in [1.807, 2.05) is 44.2 Å². The van der Waals surface area contributed by atoms with Crippen molar-refractivity contribution < 1.29 is 13.2 Å². The highest BCUT2D eigenvalue weighted by molar-refractivity contribution is 7.89. The zero-order valence-electron chi connectivity index (χ0n) is 11.5. The second kappa shape index (κ2) is 6.03. The van der Waals surface area contributed by atoms with Crippen LogP contribution in [0.2, 0.25) is 0 Å². The summed E-state index contributed by atoms with van der Waals surface area (Å²) in [5.74, 6) is 0.161. The van der Waals surface area contributed by atoms with E-state index in [1.165, 1.54) is 0 Å². The molecule has 0 radical (unpaired) electrons. The zero-order valence-corrected chi connectivity index (χ0v) is 12.3. The molecule has 0 N–H and O–H groups in total. The van der Waals surface area contributed by atoms with Crippen LogP contribution in [-0.4, -0.2) is 43.8 Å². The Labute approximate surface area is 115 Å². The Kier molecular flexibility index (Phi) is 4.60. The van der Waals surface area contributed by atoms with Crippen LogP contribution in [0.15, 0.2) is 30.3 Å². The number of nitrogens with zero attached hydrogens (tertiary/aromatic N) is 1. The lowest BCUT2D eigenvalue weighted by Crippen LogP contribution is -2.50. The minimum absolute atomic E-state index is 0.0253. The molecule has 0 aliphatic carbocycles. The summed E-state index contributed by atoms with van der Waals surface area (Å²) in [6.07, 6.45) is 0.532. The third kappa shape index (κ3) is 3.78. The highest BCUT2D eigenvalue weighted by Gasteiger charge is 2.32. The van der Waals surface area contributed by atoms with Crippen LogP contribution in [0.25, 0.3) is 0 Å². The van der Waals surface area contributed by atoms with Crippen LogP contribution in [-0.2, 0) is 21.2 Å². The quantitative estimate of drug-likeness (QED) is 0.844. The minimum Gasteiger partial charge on any atom is -0.375 e. The third-order valence-electron chi connectivity index (χ3n) is 3.40. The zero-order chi connectivity index (χ0) is 13.9. The van der Waals surface area contributed by atoms with Gasteiger partial charge >= 0.3 is 0 Å². The molecule has 5 heteroatoms. The number of aryl methyl sites for hydroxylation is 1. The Balaban J connectivity index is 2.01. The van der Waals surface area contributed by atoms with Crippen LogP contribution in [0.5, 0.6) is 0 Å². The van der Waals surface area contributed by atoms with Gasteiger partial charge < -0.3 is 4.74 Å². The number of ether oxygens (including phenoxy) is 1. The average molecular weight is 283 g/mol. The maximum atomic E-state index is 12.4. The first-order valence-electron chi connectivity index (χ1n) is 6.64. The van der Waals surface area contributed by atoms with Crippen molar-refractivity contribution in [1.29, 1.82) is 0 Å². The van der Waals surface area contributed by atoms with Crippen LogP contribution >= 0.6 is 0 Å². The molecule has 1 fully saturated rings. The molecular formula is C14H21NO3S. The van der Waals surface area contributed by atoms with E-state index >= 15 is 0 Å². The van der Waals surface area contributed by atoms with E-state index in [2.05, 4.69) is 0 Å². The van der Waals surface area contributed by atoms with Gasteiger partial charge in [0.15, 0.2) is 0 Å². The molecular weight excluding hydrogens is 262 g/mol. The summed E-state index contributed by atoms with van der Waals surface area (Å²) in [5.41, 5.74) is 1.06. The van der Waals surface area contributed by atoms with Crippen LogP contribution < -0.4 is 0 Å². The number of hydrogen-bond donors (Lipinski definition) is 0. The number of sulfonamides is 1. The summed E-state index contributed by atoms with van der Waals surface area (Å²) in [4.78, 5) is 0. The van der Waals surface area contributed by atoms with Gasteiger partial charge in [0.2, 0.25) is 10.0 Å².